The number of aromatic amines is 1. The lowest BCUT2D eigenvalue weighted by molar-refractivity contribution is 0.353. The molecule has 1 N–H and O–H groups in total. The minimum Gasteiger partial charge on any atom is -0.298 e. The Labute approximate surface area is 98.3 Å². The van der Waals surface area contributed by atoms with Crippen molar-refractivity contribution in [3.8, 4) is 0 Å². The molecule has 2 rings (SSSR count). The van der Waals surface area contributed by atoms with Crippen LogP contribution in [0.25, 0.3) is 0 Å². The average Bonchev–Trinajstić information content (AvgIpc) is 2.44. The molecule has 0 amide bonds. The van der Waals surface area contributed by atoms with Gasteiger partial charge in [0.1, 0.15) is 5.15 Å². The predicted octanol–water partition coefficient (Wildman–Crippen LogP) is 1.94. The molecule has 0 aromatic carbocycles. The van der Waals surface area contributed by atoms with Crippen LogP contribution in [0.1, 0.15) is 39.2 Å². The van der Waals surface area contributed by atoms with E-state index < -0.39 is 5.69 Å². The Morgan fingerprint density at radius 3 is 2.69 bits per heavy atom. The van der Waals surface area contributed by atoms with Crippen molar-refractivity contribution in [3.63, 3.8) is 0 Å². The van der Waals surface area contributed by atoms with Crippen LogP contribution >= 0.6 is 11.6 Å². The summed E-state index contributed by atoms with van der Waals surface area (Å²) in [5.74, 6) is 0. The molecule has 88 valence electrons. The molecule has 0 spiro atoms. The van der Waals surface area contributed by atoms with Gasteiger partial charge >= 0.3 is 5.69 Å². The molecule has 0 bridgehead atoms. The van der Waals surface area contributed by atoms with E-state index >= 15 is 0 Å². The van der Waals surface area contributed by atoms with E-state index in [9.17, 15) is 9.59 Å². The Morgan fingerprint density at radius 2 is 2.19 bits per heavy atom. The number of H-pyrrole nitrogens is 1. The second kappa shape index (κ2) is 3.77. The van der Waals surface area contributed by atoms with Gasteiger partial charge in [0, 0.05) is 12.1 Å². The molecule has 1 fully saturated rings. The fraction of sp³-hybridized carbons (Fsp3) is 0.636. The number of hydrogen-bond acceptors (Lipinski definition) is 2. The van der Waals surface area contributed by atoms with Crippen LogP contribution in [-0.4, -0.2) is 9.55 Å². The Kier molecular flexibility index (Phi) is 2.70. The van der Waals surface area contributed by atoms with Crippen molar-refractivity contribution >= 4 is 11.6 Å². The summed E-state index contributed by atoms with van der Waals surface area (Å²) in [6.07, 6.45) is 2.77. The lowest BCUT2D eigenvalue weighted by Crippen LogP contribution is -2.37. The summed E-state index contributed by atoms with van der Waals surface area (Å²) in [6.45, 7) is 4.31. The molecule has 1 aliphatic carbocycles. The maximum Gasteiger partial charge on any atom is 0.329 e. The lowest BCUT2D eigenvalue weighted by atomic mass is 9.92. The van der Waals surface area contributed by atoms with Crippen LogP contribution in [0.2, 0.25) is 5.15 Å². The molecule has 1 saturated carbocycles. The van der Waals surface area contributed by atoms with Crippen molar-refractivity contribution in [2.24, 2.45) is 5.41 Å². The van der Waals surface area contributed by atoms with Crippen LogP contribution in [-0.2, 0) is 0 Å². The van der Waals surface area contributed by atoms with Crippen molar-refractivity contribution in [1.82, 2.24) is 9.55 Å². The van der Waals surface area contributed by atoms with Gasteiger partial charge in [0.05, 0.1) is 0 Å². The summed E-state index contributed by atoms with van der Waals surface area (Å²) in [5.41, 5.74) is -0.507. The zero-order chi connectivity index (χ0) is 11.9. The predicted molar refractivity (Wildman–Crippen MR) is 63.0 cm³/mol. The molecule has 0 radical (unpaired) electrons. The maximum atomic E-state index is 11.7. The summed E-state index contributed by atoms with van der Waals surface area (Å²) >= 11 is 5.62. The van der Waals surface area contributed by atoms with E-state index in [2.05, 4.69) is 18.8 Å². The molecule has 1 aliphatic rings. The van der Waals surface area contributed by atoms with Crippen LogP contribution in [0.3, 0.4) is 0 Å². The van der Waals surface area contributed by atoms with E-state index in [1.165, 1.54) is 10.6 Å². The SMILES string of the molecule is CC1(C)CCC(n2c(=O)cc(Cl)[nH]c2=O)C1. The first-order valence-electron chi connectivity index (χ1n) is 5.40. The van der Waals surface area contributed by atoms with E-state index in [0.717, 1.165) is 19.3 Å². The third-order valence-electron chi connectivity index (χ3n) is 3.24. The molecular weight excluding hydrogens is 228 g/mol. The van der Waals surface area contributed by atoms with Crippen molar-refractivity contribution in [3.05, 3.63) is 32.1 Å². The van der Waals surface area contributed by atoms with Crippen LogP contribution in [0.4, 0.5) is 0 Å². The molecule has 0 aliphatic heterocycles. The maximum absolute atomic E-state index is 11.7. The van der Waals surface area contributed by atoms with Gasteiger partial charge in [-0.1, -0.05) is 25.4 Å². The van der Waals surface area contributed by atoms with Gasteiger partial charge in [-0.15, -0.1) is 0 Å². The monoisotopic (exact) mass is 242 g/mol. The van der Waals surface area contributed by atoms with Gasteiger partial charge in [0.15, 0.2) is 0 Å². The van der Waals surface area contributed by atoms with Gasteiger partial charge in [0.25, 0.3) is 5.56 Å². The third-order valence-corrected chi connectivity index (χ3v) is 3.44. The summed E-state index contributed by atoms with van der Waals surface area (Å²) in [5, 5.41) is 0.100. The molecule has 1 atom stereocenters. The number of nitrogens with one attached hydrogen (secondary N) is 1. The fourth-order valence-corrected chi connectivity index (χ4v) is 2.62. The molecule has 5 heteroatoms. The summed E-state index contributed by atoms with van der Waals surface area (Å²) in [4.78, 5) is 25.9. The first kappa shape index (κ1) is 11.5. The average molecular weight is 243 g/mol. The van der Waals surface area contributed by atoms with E-state index in [4.69, 9.17) is 11.6 Å². The lowest BCUT2D eigenvalue weighted by Gasteiger charge is -2.17. The highest BCUT2D eigenvalue weighted by Gasteiger charge is 2.33. The van der Waals surface area contributed by atoms with E-state index in [0.29, 0.717) is 0 Å². The second-order valence-corrected chi connectivity index (χ2v) is 5.60. The van der Waals surface area contributed by atoms with Gasteiger partial charge < -0.3 is 0 Å². The van der Waals surface area contributed by atoms with Crippen molar-refractivity contribution < 1.29 is 0 Å². The molecule has 1 aromatic heterocycles. The number of rotatable bonds is 1. The van der Waals surface area contributed by atoms with Gasteiger partial charge in [-0.25, -0.2) is 4.79 Å². The highest BCUT2D eigenvalue weighted by molar-refractivity contribution is 6.29. The van der Waals surface area contributed by atoms with Gasteiger partial charge in [-0.05, 0) is 24.7 Å². The topological polar surface area (TPSA) is 54.9 Å². The van der Waals surface area contributed by atoms with Crippen LogP contribution < -0.4 is 11.2 Å². The van der Waals surface area contributed by atoms with Crippen molar-refractivity contribution in [1.29, 1.82) is 0 Å². The quantitative estimate of drug-likeness (QED) is 0.766. The Bertz CT molecular complexity index is 484. The van der Waals surface area contributed by atoms with Gasteiger partial charge in [-0.2, -0.15) is 0 Å². The molecule has 1 aromatic rings. The Balaban J connectivity index is 2.43. The van der Waals surface area contributed by atoms with Crippen LogP contribution in [0.5, 0.6) is 0 Å². The van der Waals surface area contributed by atoms with Crippen molar-refractivity contribution in [2.45, 2.75) is 39.2 Å². The molecule has 0 saturated heterocycles. The smallest absolute Gasteiger partial charge is 0.298 e. The highest BCUT2D eigenvalue weighted by atomic mass is 35.5. The molecule has 1 unspecified atom stereocenters. The summed E-state index contributed by atoms with van der Waals surface area (Å²) < 4.78 is 1.29. The Morgan fingerprint density at radius 1 is 1.50 bits per heavy atom. The zero-order valence-electron chi connectivity index (χ0n) is 9.42. The third kappa shape index (κ3) is 2.07. The van der Waals surface area contributed by atoms with Gasteiger partial charge in [-0.3, -0.25) is 14.3 Å². The summed E-state index contributed by atoms with van der Waals surface area (Å²) in [7, 11) is 0. The van der Waals surface area contributed by atoms with E-state index in [-0.39, 0.29) is 22.2 Å². The summed E-state index contributed by atoms with van der Waals surface area (Å²) in [6, 6.07) is 1.26. The fourth-order valence-electron chi connectivity index (χ4n) is 2.44. The minimum absolute atomic E-state index is 0.00326. The standard InChI is InChI=1S/C11H15ClN2O2/c1-11(2)4-3-7(6-11)14-9(15)5-8(12)13-10(14)16/h5,7H,3-4,6H2,1-2H3,(H,13,16). The largest absolute Gasteiger partial charge is 0.329 e. The Hall–Kier alpha value is -1.03. The van der Waals surface area contributed by atoms with Crippen LogP contribution in [0, 0.1) is 5.41 Å². The molecule has 1 heterocycles. The van der Waals surface area contributed by atoms with E-state index in [1.807, 2.05) is 0 Å². The van der Waals surface area contributed by atoms with E-state index in [1.54, 1.807) is 0 Å². The normalized spacial score (nSPS) is 23.6. The molecular formula is C11H15ClN2O2. The number of nitrogens with zero attached hydrogens (tertiary/aromatic N) is 1. The van der Waals surface area contributed by atoms with Crippen LogP contribution in [0.15, 0.2) is 15.7 Å². The first-order chi connectivity index (χ1) is 7.39. The molecule has 4 nitrogen and oxygen atoms in total. The first-order valence-corrected chi connectivity index (χ1v) is 5.78. The minimum atomic E-state index is -0.403. The highest BCUT2D eigenvalue weighted by Crippen LogP contribution is 2.42. The second-order valence-electron chi connectivity index (χ2n) is 5.19. The van der Waals surface area contributed by atoms with Gasteiger partial charge in [0.2, 0.25) is 0 Å². The molecule has 16 heavy (non-hydrogen) atoms. The zero-order valence-corrected chi connectivity index (χ0v) is 10.2. The number of halogens is 1. The number of hydrogen-bond donors (Lipinski definition) is 1. The number of aromatic nitrogens is 2. The van der Waals surface area contributed by atoms with Crippen molar-refractivity contribution in [2.75, 3.05) is 0 Å².